The molecule has 1 atom stereocenters. The molecule has 5 nitrogen and oxygen atoms in total. The van der Waals surface area contributed by atoms with Crippen LogP contribution in [0.5, 0.6) is 0 Å². The smallest absolute Gasteiger partial charge is 0.306 e. The lowest BCUT2D eigenvalue weighted by Gasteiger charge is -2.43. The van der Waals surface area contributed by atoms with Crippen LogP contribution in [-0.4, -0.2) is 43.5 Å². The van der Waals surface area contributed by atoms with Gasteiger partial charge in [0, 0.05) is 31.1 Å². The molecule has 1 fully saturated rings. The number of carbonyl (C=O) groups excluding carboxylic acids is 2. The summed E-state index contributed by atoms with van der Waals surface area (Å²) >= 11 is 12.6. The van der Waals surface area contributed by atoms with E-state index in [1.54, 1.807) is 4.90 Å². The van der Waals surface area contributed by atoms with E-state index in [1.807, 2.05) is 49.4 Å². The van der Waals surface area contributed by atoms with Crippen molar-refractivity contribution in [3.8, 4) is 0 Å². The van der Waals surface area contributed by atoms with Crippen LogP contribution in [0.15, 0.2) is 42.5 Å². The molecule has 1 heterocycles. The largest absolute Gasteiger partial charge is 0.469 e. The minimum Gasteiger partial charge on any atom is -0.469 e. The number of nitrogens with zero attached hydrogens (tertiary/aromatic N) is 2. The molecule has 1 saturated heterocycles. The molecular weight excluding hydrogens is 411 g/mol. The molecule has 0 aliphatic carbocycles. The molecule has 154 valence electrons. The molecule has 0 aromatic heterocycles. The summed E-state index contributed by atoms with van der Waals surface area (Å²) in [5, 5.41) is 1.35. The van der Waals surface area contributed by atoms with Gasteiger partial charge in [0.2, 0.25) is 5.91 Å². The fraction of sp³-hybridized carbons (Fsp3) is 0.364. The number of ether oxygens (including phenoxy) is 1. The second kappa shape index (κ2) is 9.51. The van der Waals surface area contributed by atoms with E-state index in [0.717, 1.165) is 16.8 Å². The monoisotopic (exact) mass is 434 g/mol. The Bertz CT molecular complexity index is 886. The molecule has 1 aliphatic heterocycles. The van der Waals surface area contributed by atoms with Crippen LogP contribution >= 0.6 is 23.2 Å². The Morgan fingerprint density at radius 3 is 2.45 bits per heavy atom. The molecule has 2 aromatic carbocycles. The number of anilines is 1. The summed E-state index contributed by atoms with van der Waals surface area (Å²) < 4.78 is 4.64. The van der Waals surface area contributed by atoms with Crippen LogP contribution in [-0.2, 0) is 14.3 Å². The normalized spacial score (nSPS) is 16.6. The highest BCUT2D eigenvalue weighted by Gasteiger charge is 2.31. The van der Waals surface area contributed by atoms with E-state index in [0.29, 0.717) is 29.7 Å². The van der Waals surface area contributed by atoms with Crippen molar-refractivity contribution in [2.24, 2.45) is 0 Å². The minimum atomic E-state index is -0.377. The van der Waals surface area contributed by atoms with Gasteiger partial charge in [0.15, 0.2) is 0 Å². The van der Waals surface area contributed by atoms with E-state index in [-0.39, 0.29) is 30.8 Å². The highest BCUT2D eigenvalue weighted by atomic mass is 35.5. The van der Waals surface area contributed by atoms with Crippen LogP contribution in [0.1, 0.15) is 30.0 Å². The van der Waals surface area contributed by atoms with Crippen molar-refractivity contribution in [3.63, 3.8) is 0 Å². The summed E-state index contributed by atoms with van der Waals surface area (Å²) in [6, 6.07) is 13.6. The Balaban J connectivity index is 1.85. The quantitative estimate of drug-likeness (QED) is 0.642. The van der Waals surface area contributed by atoms with Gasteiger partial charge in [-0.1, -0.05) is 41.4 Å². The lowest BCUT2D eigenvalue weighted by atomic mass is 10.0. The number of methoxy groups -OCH3 is 1. The fourth-order valence-electron chi connectivity index (χ4n) is 3.58. The van der Waals surface area contributed by atoms with Crippen LogP contribution < -0.4 is 4.90 Å². The number of piperazine rings is 1. The van der Waals surface area contributed by atoms with E-state index in [1.165, 1.54) is 7.11 Å². The van der Waals surface area contributed by atoms with Crippen molar-refractivity contribution in [3.05, 3.63) is 63.6 Å². The molecule has 7 heteroatoms. The molecule has 1 unspecified atom stereocenters. The first-order chi connectivity index (χ1) is 13.9. The molecular formula is C22H24Cl2N2O3. The lowest BCUT2D eigenvalue weighted by Crippen LogP contribution is -2.50. The summed E-state index contributed by atoms with van der Waals surface area (Å²) in [5.41, 5.74) is 3.09. The van der Waals surface area contributed by atoms with Gasteiger partial charge in [0.1, 0.15) is 0 Å². The minimum absolute atomic E-state index is 0.0518. The summed E-state index contributed by atoms with van der Waals surface area (Å²) in [5.74, 6) is -0.429. The number of hydrogen-bond acceptors (Lipinski definition) is 4. The molecule has 29 heavy (non-hydrogen) atoms. The van der Waals surface area contributed by atoms with Gasteiger partial charge in [-0.3, -0.25) is 9.59 Å². The summed E-state index contributed by atoms with van der Waals surface area (Å²) in [7, 11) is 1.33. The number of halogens is 2. The van der Waals surface area contributed by atoms with Crippen LogP contribution in [0.4, 0.5) is 5.69 Å². The Labute approximate surface area is 181 Å². The van der Waals surface area contributed by atoms with E-state index < -0.39 is 0 Å². The van der Waals surface area contributed by atoms with Crippen molar-refractivity contribution in [1.82, 2.24) is 4.90 Å². The van der Waals surface area contributed by atoms with Crippen molar-refractivity contribution in [1.29, 1.82) is 0 Å². The third-order valence-electron chi connectivity index (χ3n) is 5.17. The Hall–Kier alpha value is -2.24. The third kappa shape index (κ3) is 5.22. The number of hydrogen-bond donors (Lipinski definition) is 0. The van der Waals surface area contributed by atoms with Gasteiger partial charge < -0.3 is 14.5 Å². The second-order valence-corrected chi connectivity index (χ2v) is 7.98. The molecule has 0 N–H and O–H groups in total. The van der Waals surface area contributed by atoms with Crippen molar-refractivity contribution in [2.75, 3.05) is 31.6 Å². The van der Waals surface area contributed by atoms with E-state index >= 15 is 0 Å². The van der Waals surface area contributed by atoms with Crippen molar-refractivity contribution >= 4 is 40.8 Å². The summed E-state index contributed by atoms with van der Waals surface area (Å²) in [6.45, 7) is 3.71. The molecule has 0 bridgehead atoms. The summed E-state index contributed by atoms with van der Waals surface area (Å²) in [4.78, 5) is 28.1. The van der Waals surface area contributed by atoms with Crippen LogP contribution in [0.3, 0.4) is 0 Å². The Morgan fingerprint density at radius 2 is 1.79 bits per heavy atom. The highest BCUT2D eigenvalue weighted by molar-refractivity contribution is 6.33. The predicted octanol–water partition coefficient (Wildman–Crippen LogP) is 4.64. The van der Waals surface area contributed by atoms with E-state index in [9.17, 15) is 9.59 Å². The zero-order valence-electron chi connectivity index (χ0n) is 16.5. The van der Waals surface area contributed by atoms with E-state index in [4.69, 9.17) is 23.2 Å². The Kier molecular flexibility index (Phi) is 7.04. The van der Waals surface area contributed by atoms with Gasteiger partial charge >= 0.3 is 5.97 Å². The maximum absolute atomic E-state index is 12.7. The molecule has 0 spiro atoms. The number of benzene rings is 2. The van der Waals surface area contributed by atoms with Gasteiger partial charge in [0.05, 0.1) is 30.3 Å². The first kappa shape index (κ1) is 21.5. The van der Waals surface area contributed by atoms with Gasteiger partial charge in [-0.05, 0) is 42.3 Å². The predicted molar refractivity (Wildman–Crippen MR) is 116 cm³/mol. The number of carbonyl (C=O) groups is 2. The second-order valence-electron chi connectivity index (χ2n) is 7.13. The molecule has 3 rings (SSSR count). The average Bonchev–Trinajstić information content (AvgIpc) is 2.72. The number of amides is 1. The van der Waals surface area contributed by atoms with E-state index in [2.05, 4.69) is 9.64 Å². The van der Waals surface area contributed by atoms with Crippen LogP contribution in [0, 0.1) is 6.92 Å². The van der Waals surface area contributed by atoms with Gasteiger partial charge in [-0.15, -0.1) is 0 Å². The first-order valence-corrected chi connectivity index (χ1v) is 10.3. The highest BCUT2D eigenvalue weighted by Crippen LogP contribution is 2.36. The topological polar surface area (TPSA) is 49.9 Å². The molecule has 2 aromatic rings. The first-order valence-electron chi connectivity index (χ1n) is 9.52. The van der Waals surface area contributed by atoms with Crippen LogP contribution in [0.2, 0.25) is 10.0 Å². The molecule has 1 amide bonds. The standard InChI is InChI=1S/C22H24Cl2N2O3/c1-15-3-8-19(18(24)13-15)26-12-11-25(21(27)9-10-22(28)29-2)14-20(26)16-4-6-17(23)7-5-16/h3-8,13,20H,9-12,14H2,1-2H3. The third-order valence-corrected chi connectivity index (χ3v) is 5.73. The summed E-state index contributed by atoms with van der Waals surface area (Å²) in [6.07, 6.45) is 0.232. The number of aryl methyl sites for hydroxylation is 1. The molecule has 0 radical (unpaired) electrons. The average molecular weight is 435 g/mol. The van der Waals surface area contributed by atoms with Gasteiger partial charge in [0.25, 0.3) is 0 Å². The SMILES string of the molecule is COC(=O)CCC(=O)N1CCN(c2ccc(C)cc2Cl)C(c2ccc(Cl)cc2)C1. The molecule has 1 aliphatic rings. The van der Waals surface area contributed by atoms with Crippen molar-refractivity contribution in [2.45, 2.75) is 25.8 Å². The number of rotatable bonds is 5. The van der Waals surface area contributed by atoms with Crippen molar-refractivity contribution < 1.29 is 14.3 Å². The maximum atomic E-state index is 12.7. The fourth-order valence-corrected chi connectivity index (χ4v) is 4.05. The Morgan fingerprint density at radius 1 is 1.07 bits per heavy atom. The molecule has 0 saturated carbocycles. The van der Waals surface area contributed by atoms with Crippen LogP contribution in [0.25, 0.3) is 0 Å². The zero-order valence-corrected chi connectivity index (χ0v) is 18.0. The van der Waals surface area contributed by atoms with Gasteiger partial charge in [-0.2, -0.15) is 0 Å². The number of esters is 1. The van der Waals surface area contributed by atoms with Gasteiger partial charge in [-0.25, -0.2) is 0 Å². The lowest BCUT2D eigenvalue weighted by molar-refractivity contribution is -0.143. The maximum Gasteiger partial charge on any atom is 0.306 e. The zero-order chi connectivity index (χ0) is 21.0.